The Morgan fingerprint density at radius 3 is 3.05 bits per heavy atom. The fourth-order valence-electron chi connectivity index (χ4n) is 4.51. The van der Waals surface area contributed by atoms with Crippen molar-refractivity contribution in [1.29, 1.82) is 0 Å². The minimum atomic E-state index is -0.122. The molecule has 3 fully saturated rings. The molecule has 1 spiro atoms. The Morgan fingerprint density at radius 1 is 1.55 bits per heavy atom. The lowest BCUT2D eigenvalue weighted by atomic mass is 9.46. The van der Waals surface area contributed by atoms with Crippen LogP contribution in [0.3, 0.4) is 0 Å². The molecular weight excluding hydrogens is 280 g/mol. The van der Waals surface area contributed by atoms with E-state index in [1.165, 1.54) is 19.3 Å². The molecule has 0 radical (unpaired) electrons. The lowest BCUT2D eigenvalue weighted by molar-refractivity contribution is -0.172. The van der Waals surface area contributed by atoms with Crippen molar-refractivity contribution in [2.75, 3.05) is 6.61 Å². The Morgan fingerprint density at radius 2 is 2.36 bits per heavy atom. The second-order valence-corrected chi connectivity index (χ2v) is 7.21. The maximum absolute atomic E-state index is 12.5. The molecule has 2 saturated carbocycles. The van der Waals surface area contributed by atoms with Crippen molar-refractivity contribution in [3.63, 3.8) is 0 Å². The van der Waals surface area contributed by atoms with E-state index < -0.39 is 0 Å². The third-order valence-corrected chi connectivity index (χ3v) is 6.19. The van der Waals surface area contributed by atoms with E-state index in [9.17, 15) is 4.79 Å². The van der Waals surface area contributed by atoms with Crippen molar-refractivity contribution >= 4 is 5.91 Å². The van der Waals surface area contributed by atoms with E-state index in [2.05, 4.69) is 24.3 Å². The molecule has 4 atom stereocenters. The van der Waals surface area contributed by atoms with Crippen molar-refractivity contribution < 1.29 is 14.1 Å². The summed E-state index contributed by atoms with van der Waals surface area (Å²) in [4.78, 5) is 12.5. The molecule has 2 aliphatic carbocycles. The van der Waals surface area contributed by atoms with Gasteiger partial charge in [0.25, 0.3) is 5.91 Å². The summed E-state index contributed by atoms with van der Waals surface area (Å²) in [7, 11) is 0. The van der Waals surface area contributed by atoms with Crippen LogP contribution in [0.4, 0.5) is 0 Å². The van der Waals surface area contributed by atoms with Gasteiger partial charge in [0.1, 0.15) is 0 Å². The topological polar surface area (TPSA) is 64.4 Å². The molecule has 0 unspecified atom stereocenters. The van der Waals surface area contributed by atoms with Crippen LogP contribution in [0.15, 0.2) is 10.6 Å². The summed E-state index contributed by atoms with van der Waals surface area (Å²) in [5, 5.41) is 7.25. The summed E-state index contributed by atoms with van der Waals surface area (Å²) >= 11 is 0. The van der Waals surface area contributed by atoms with Crippen LogP contribution in [0.5, 0.6) is 0 Å². The zero-order valence-corrected chi connectivity index (χ0v) is 13.3. The normalized spacial score (nSPS) is 32.9. The van der Waals surface area contributed by atoms with Gasteiger partial charge in [-0.25, -0.2) is 0 Å². The summed E-state index contributed by atoms with van der Waals surface area (Å²) in [6.45, 7) is 5.03. The zero-order valence-electron chi connectivity index (χ0n) is 13.3. The molecule has 0 bridgehead atoms. The number of carbonyl (C=O) groups excluding carboxylic acids is 1. The second kappa shape index (κ2) is 5.08. The molecule has 3 aliphatic rings. The number of fused-ring (bicyclic) bond motifs is 2. The molecule has 5 nitrogen and oxygen atoms in total. The van der Waals surface area contributed by atoms with E-state index in [1.54, 1.807) is 6.07 Å². The number of nitrogens with one attached hydrogen (secondary N) is 1. The molecule has 1 saturated heterocycles. The highest BCUT2D eigenvalue weighted by molar-refractivity contribution is 5.91. The van der Waals surface area contributed by atoms with Gasteiger partial charge in [0.05, 0.1) is 11.8 Å². The smallest absolute Gasteiger partial charge is 0.290 e. The first-order valence-corrected chi connectivity index (χ1v) is 8.55. The Hall–Kier alpha value is -1.36. The molecule has 1 aromatic heterocycles. The molecule has 120 valence electrons. The van der Waals surface area contributed by atoms with Crippen molar-refractivity contribution in [3.05, 3.63) is 17.5 Å². The fraction of sp³-hybridized carbons (Fsp3) is 0.765. The van der Waals surface area contributed by atoms with Crippen LogP contribution >= 0.6 is 0 Å². The third kappa shape index (κ3) is 1.87. The summed E-state index contributed by atoms with van der Waals surface area (Å²) in [5.74, 6) is 1.02. The predicted molar refractivity (Wildman–Crippen MR) is 80.6 cm³/mol. The number of nitrogens with zero attached hydrogens (tertiary/aromatic N) is 1. The van der Waals surface area contributed by atoms with Crippen LogP contribution in [-0.4, -0.2) is 29.8 Å². The van der Waals surface area contributed by atoms with E-state index in [4.69, 9.17) is 9.26 Å². The van der Waals surface area contributed by atoms with Crippen LogP contribution < -0.4 is 5.32 Å². The summed E-state index contributed by atoms with van der Waals surface area (Å²) in [5.41, 5.74) is 1.07. The van der Waals surface area contributed by atoms with Crippen molar-refractivity contribution in [1.82, 2.24) is 10.5 Å². The number of carbonyl (C=O) groups is 1. The second-order valence-electron chi connectivity index (χ2n) is 7.21. The molecule has 1 aliphatic heterocycles. The molecule has 1 aromatic rings. The predicted octanol–water partition coefficient (Wildman–Crippen LogP) is 2.88. The highest BCUT2D eigenvalue weighted by atomic mass is 16.5. The third-order valence-electron chi connectivity index (χ3n) is 6.19. The number of aromatic nitrogens is 1. The summed E-state index contributed by atoms with van der Waals surface area (Å²) < 4.78 is 11.1. The van der Waals surface area contributed by atoms with Crippen LogP contribution in [-0.2, 0) is 4.74 Å². The van der Waals surface area contributed by atoms with Crippen LogP contribution in [0, 0.1) is 11.3 Å². The van der Waals surface area contributed by atoms with Gasteiger partial charge in [0, 0.05) is 36.0 Å². The van der Waals surface area contributed by atoms with Gasteiger partial charge in [0.15, 0.2) is 0 Å². The van der Waals surface area contributed by atoms with Crippen molar-refractivity contribution in [2.45, 2.75) is 64.0 Å². The molecule has 5 heteroatoms. The van der Waals surface area contributed by atoms with Gasteiger partial charge in [-0.15, -0.1) is 0 Å². The number of rotatable bonds is 4. The SMILES string of the molecule is CC[C@H](C)c1cc(C(=O)N[C@@H]2[C@H]3CCO[C@H]3C23CCC3)on1. The monoisotopic (exact) mass is 304 g/mol. The average molecular weight is 304 g/mol. The molecule has 22 heavy (non-hydrogen) atoms. The summed E-state index contributed by atoms with van der Waals surface area (Å²) in [6, 6.07) is 2.04. The first-order valence-electron chi connectivity index (χ1n) is 8.55. The van der Waals surface area contributed by atoms with E-state index in [1.807, 2.05) is 0 Å². The Kier molecular flexibility index (Phi) is 3.29. The maximum Gasteiger partial charge on any atom is 0.290 e. The molecular formula is C17H24N2O3. The van der Waals surface area contributed by atoms with Gasteiger partial charge in [-0.2, -0.15) is 0 Å². The first kappa shape index (κ1) is 14.2. The lowest BCUT2D eigenvalue weighted by Gasteiger charge is -2.63. The van der Waals surface area contributed by atoms with Crippen molar-refractivity contribution in [3.8, 4) is 0 Å². The molecule has 0 aromatic carbocycles. The van der Waals surface area contributed by atoms with Gasteiger partial charge in [0.2, 0.25) is 5.76 Å². The Bertz CT molecular complexity index is 578. The molecule has 2 heterocycles. The summed E-state index contributed by atoms with van der Waals surface area (Å²) in [6.07, 6.45) is 6.02. The van der Waals surface area contributed by atoms with Gasteiger partial charge >= 0.3 is 0 Å². The lowest BCUT2D eigenvalue weighted by Crippen LogP contribution is -2.71. The molecule has 4 rings (SSSR count). The van der Waals surface area contributed by atoms with E-state index >= 15 is 0 Å². The highest BCUT2D eigenvalue weighted by Crippen LogP contribution is 2.62. The first-order chi connectivity index (χ1) is 10.7. The van der Waals surface area contributed by atoms with E-state index in [-0.39, 0.29) is 17.4 Å². The number of hydrogen-bond donors (Lipinski definition) is 1. The molecule has 1 amide bonds. The Labute approximate surface area is 130 Å². The fourth-order valence-corrected chi connectivity index (χ4v) is 4.51. The van der Waals surface area contributed by atoms with Crippen LogP contribution in [0.1, 0.15) is 68.1 Å². The zero-order chi connectivity index (χ0) is 15.3. The quantitative estimate of drug-likeness (QED) is 0.929. The Balaban J connectivity index is 1.47. The number of amides is 1. The average Bonchev–Trinajstić information content (AvgIpc) is 3.10. The van der Waals surface area contributed by atoms with Crippen LogP contribution in [0.25, 0.3) is 0 Å². The van der Waals surface area contributed by atoms with Gasteiger partial charge in [-0.1, -0.05) is 25.4 Å². The maximum atomic E-state index is 12.5. The molecule has 1 N–H and O–H groups in total. The largest absolute Gasteiger partial charge is 0.377 e. The van der Waals surface area contributed by atoms with Gasteiger partial charge in [-0.3, -0.25) is 4.79 Å². The standard InChI is InChI=1S/C17H24N2O3/c1-3-10(2)12-9-13(22-19-12)16(20)18-14-11-5-8-21-15(11)17(14)6-4-7-17/h9-11,14-15H,3-8H2,1-2H3,(H,18,20)/t10-,11+,14+,15+/m0/s1. The number of hydrogen-bond acceptors (Lipinski definition) is 4. The van der Waals surface area contributed by atoms with E-state index in [0.29, 0.717) is 23.7 Å². The van der Waals surface area contributed by atoms with Crippen molar-refractivity contribution in [2.24, 2.45) is 11.3 Å². The minimum absolute atomic E-state index is 0.122. The van der Waals surface area contributed by atoms with E-state index in [0.717, 1.165) is 25.1 Å². The van der Waals surface area contributed by atoms with Crippen LogP contribution in [0.2, 0.25) is 0 Å². The van der Waals surface area contributed by atoms with Gasteiger partial charge in [-0.05, 0) is 25.7 Å². The minimum Gasteiger partial charge on any atom is -0.377 e. The number of ether oxygens (including phenoxy) is 1. The highest BCUT2D eigenvalue weighted by Gasteiger charge is 2.67. The van der Waals surface area contributed by atoms with Gasteiger partial charge < -0.3 is 14.6 Å².